The summed E-state index contributed by atoms with van der Waals surface area (Å²) in [7, 11) is -1.33. The fourth-order valence-electron chi connectivity index (χ4n) is 3.03. The summed E-state index contributed by atoms with van der Waals surface area (Å²) in [6, 6.07) is 12.3. The second-order valence-corrected chi connectivity index (χ2v) is 8.77. The molecule has 1 aromatic carbocycles. The van der Waals surface area contributed by atoms with Crippen LogP contribution in [0.3, 0.4) is 0 Å². The van der Waals surface area contributed by atoms with E-state index in [1.54, 1.807) is 13.1 Å². The van der Waals surface area contributed by atoms with Crippen LogP contribution in [-0.2, 0) is 21.2 Å². The van der Waals surface area contributed by atoms with Crippen molar-refractivity contribution < 1.29 is 13.2 Å². The Morgan fingerprint density at radius 2 is 1.81 bits per heavy atom. The van der Waals surface area contributed by atoms with Crippen LogP contribution in [0.15, 0.2) is 47.3 Å². The molecule has 0 radical (unpaired) electrons. The minimum atomic E-state index is -2.98. The third-order valence-electron chi connectivity index (χ3n) is 4.69. The van der Waals surface area contributed by atoms with Gasteiger partial charge >= 0.3 is 0 Å². The van der Waals surface area contributed by atoms with E-state index in [2.05, 4.69) is 5.10 Å². The van der Waals surface area contributed by atoms with Crippen LogP contribution in [-0.4, -0.2) is 53.6 Å². The van der Waals surface area contributed by atoms with Crippen molar-refractivity contribution in [1.82, 2.24) is 14.7 Å². The molecule has 0 N–H and O–H groups in total. The molecule has 1 aliphatic heterocycles. The Hall–Kier alpha value is -2.48. The first-order valence-corrected chi connectivity index (χ1v) is 10.3. The van der Waals surface area contributed by atoms with Gasteiger partial charge in [-0.05, 0) is 18.9 Å². The van der Waals surface area contributed by atoms with Gasteiger partial charge in [-0.15, -0.1) is 0 Å². The number of sulfone groups is 1. The van der Waals surface area contributed by atoms with Crippen LogP contribution >= 0.6 is 0 Å². The Bertz CT molecular complexity index is 940. The molecule has 8 heteroatoms. The van der Waals surface area contributed by atoms with E-state index in [-0.39, 0.29) is 35.6 Å². The normalized spacial score (nSPS) is 17.0. The largest absolute Gasteiger partial charge is 0.341 e. The predicted molar refractivity (Wildman–Crippen MR) is 98.4 cm³/mol. The Balaban J connectivity index is 1.74. The summed E-state index contributed by atoms with van der Waals surface area (Å²) in [5.74, 6) is -0.0670. The third-order valence-corrected chi connectivity index (χ3v) is 6.40. The van der Waals surface area contributed by atoms with Gasteiger partial charge < -0.3 is 4.90 Å². The van der Waals surface area contributed by atoms with Crippen molar-refractivity contribution >= 4 is 15.7 Å². The molecule has 1 amide bonds. The molecule has 26 heavy (non-hydrogen) atoms. The lowest BCUT2D eigenvalue weighted by molar-refractivity contribution is -0.133. The number of rotatable bonds is 4. The highest BCUT2D eigenvalue weighted by atomic mass is 32.2. The fourth-order valence-corrected chi connectivity index (χ4v) is 4.50. The molecule has 0 saturated carbocycles. The van der Waals surface area contributed by atoms with Gasteiger partial charge in [-0.2, -0.15) is 5.10 Å². The Morgan fingerprint density at radius 1 is 1.15 bits per heavy atom. The number of likely N-dealkylation sites (N-methyl/N-ethyl adjacent to an activating group) is 1. The highest BCUT2D eigenvalue weighted by Crippen LogP contribution is 2.18. The minimum absolute atomic E-state index is 0.0942. The number of benzene rings is 1. The molecule has 7 nitrogen and oxygen atoms in total. The van der Waals surface area contributed by atoms with Crippen LogP contribution in [0.2, 0.25) is 0 Å². The van der Waals surface area contributed by atoms with Crippen LogP contribution in [0.4, 0.5) is 0 Å². The van der Waals surface area contributed by atoms with Crippen molar-refractivity contribution in [2.45, 2.75) is 25.4 Å². The Labute approximate surface area is 152 Å². The summed E-state index contributed by atoms with van der Waals surface area (Å²) in [6.07, 6.45) is 0.855. The van der Waals surface area contributed by atoms with E-state index in [4.69, 9.17) is 0 Å². The molecule has 138 valence electrons. The number of hydrogen-bond donors (Lipinski definition) is 0. The molecule has 0 atom stereocenters. The van der Waals surface area contributed by atoms with Crippen molar-refractivity contribution in [2.24, 2.45) is 0 Å². The summed E-state index contributed by atoms with van der Waals surface area (Å²) >= 11 is 0. The number of nitrogens with zero attached hydrogens (tertiary/aromatic N) is 3. The number of aromatic nitrogens is 2. The minimum Gasteiger partial charge on any atom is -0.341 e. The van der Waals surface area contributed by atoms with Crippen molar-refractivity contribution in [3.05, 3.63) is 52.8 Å². The van der Waals surface area contributed by atoms with Crippen LogP contribution in [0.25, 0.3) is 11.3 Å². The van der Waals surface area contributed by atoms with Gasteiger partial charge in [0.1, 0.15) is 16.4 Å². The van der Waals surface area contributed by atoms with E-state index in [9.17, 15) is 18.0 Å². The maximum absolute atomic E-state index is 12.5. The molecular formula is C18H21N3O4S. The molecular weight excluding hydrogens is 354 g/mol. The third kappa shape index (κ3) is 4.19. The van der Waals surface area contributed by atoms with Crippen LogP contribution in [0.1, 0.15) is 12.8 Å². The predicted octanol–water partition coefficient (Wildman–Crippen LogP) is 0.946. The molecule has 0 spiro atoms. The SMILES string of the molecule is CN(C(=O)Cn1nc(-c2ccccc2)ccc1=O)C1CCS(=O)(=O)CC1. The number of carbonyl (C=O) groups excluding carboxylic acids is 1. The number of carbonyl (C=O) groups is 1. The maximum atomic E-state index is 12.5. The lowest BCUT2D eigenvalue weighted by Gasteiger charge is -2.31. The lowest BCUT2D eigenvalue weighted by atomic mass is 10.1. The lowest BCUT2D eigenvalue weighted by Crippen LogP contribution is -2.44. The van der Waals surface area contributed by atoms with E-state index in [1.165, 1.54) is 11.0 Å². The molecule has 0 aliphatic carbocycles. The summed E-state index contributed by atoms with van der Waals surface area (Å²) in [5.41, 5.74) is 1.13. The average Bonchev–Trinajstić information content (AvgIpc) is 2.63. The smallest absolute Gasteiger partial charge is 0.267 e. The summed E-state index contributed by atoms with van der Waals surface area (Å²) in [4.78, 5) is 26.2. The standard InChI is InChI=1S/C18H21N3O4S/c1-20(15-9-11-26(24,25)12-10-15)18(23)13-21-17(22)8-7-16(19-21)14-5-3-2-4-6-14/h2-8,15H,9-13H2,1H3. The molecule has 1 aliphatic rings. The molecule has 0 bridgehead atoms. The van der Waals surface area contributed by atoms with Gasteiger partial charge in [0.15, 0.2) is 0 Å². The Kier molecular flexibility index (Phi) is 5.22. The molecule has 1 fully saturated rings. The highest BCUT2D eigenvalue weighted by molar-refractivity contribution is 7.91. The second kappa shape index (κ2) is 7.41. The van der Waals surface area contributed by atoms with Gasteiger partial charge in [0.05, 0.1) is 17.2 Å². The monoisotopic (exact) mass is 375 g/mol. The van der Waals surface area contributed by atoms with Gasteiger partial charge in [0.2, 0.25) is 5.91 Å². The molecule has 1 saturated heterocycles. The summed E-state index contributed by atoms with van der Waals surface area (Å²) < 4.78 is 24.2. The van der Waals surface area contributed by atoms with Gasteiger partial charge in [0.25, 0.3) is 5.56 Å². The summed E-state index contributed by atoms with van der Waals surface area (Å²) in [6.45, 7) is -0.167. The van der Waals surface area contributed by atoms with Crippen LogP contribution in [0.5, 0.6) is 0 Å². The zero-order valence-corrected chi connectivity index (χ0v) is 15.4. The van der Waals surface area contributed by atoms with Gasteiger partial charge in [-0.3, -0.25) is 9.59 Å². The highest BCUT2D eigenvalue weighted by Gasteiger charge is 2.28. The van der Waals surface area contributed by atoms with Crippen molar-refractivity contribution in [3.8, 4) is 11.3 Å². The van der Waals surface area contributed by atoms with E-state index < -0.39 is 9.84 Å². The molecule has 0 unspecified atom stereocenters. The quantitative estimate of drug-likeness (QED) is 0.794. The zero-order valence-electron chi connectivity index (χ0n) is 14.5. The van der Waals surface area contributed by atoms with Crippen molar-refractivity contribution in [1.29, 1.82) is 0 Å². The first kappa shape index (κ1) is 18.3. The van der Waals surface area contributed by atoms with E-state index in [0.717, 1.165) is 10.2 Å². The number of hydrogen-bond acceptors (Lipinski definition) is 5. The first-order chi connectivity index (χ1) is 12.4. The Morgan fingerprint density at radius 3 is 2.46 bits per heavy atom. The molecule has 2 heterocycles. The van der Waals surface area contributed by atoms with Crippen molar-refractivity contribution in [3.63, 3.8) is 0 Å². The molecule has 2 aromatic rings. The maximum Gasteiger partial charge on any atom is 0.267 e. The van der Waals surface area contributed by atoms with Gasteiger partial charge in [0, 0.05) is 24.7 Å². The topological polar surface area (TPSA) is 89.3 Å². The molecule has 1 aromatic heterocycles. The van der Waals surface area contributed by atoms with E-state index in [1.807, 2.05) is 30.3 Å². The fraction of sp³-hybridized carbons (Fsp3) is 0.389. The molecule has 3 rings (SSSR count). The zero-order chi connectivity index (χ0) is 18.7. The number of amides is 1. The average molecular weight is 375 g/mol. The van der Waals surface area contributed by atoms with Crippen LogP contribution in [0, 0.1) is 0 Å². The van der Waals surface area contributed by atoms with E-state index in [0.29, 0.717) is 18.5 Å². The van der Waals surface area contributed by atoms with Crippen molar-refractivity contribution in [2.75, 3.05) is 18.6 Å². The van der Waals surface area contributed by atoms with Gasteiger partial charge in [-0.1, -0.05) is 30.3 Å². The van der Waals surface area contributed by atoms with Gasteiger partial charge in [-0.25, -0.2) is 13.1 Å². The first-order valence-electron chi connectivity index (χ1n) is 8.45. The summed E-state index contributed by atoms with van der Waals surface area (Å²) in [5, 5.41) is 4.29. The van der Waals surface area contributed by atoms with Crippen LogP contribution < -0.4 is 5.56 Å². The van der Waals surface area contributed by atoms with E-state index >= 15 is 0 Å². The second-order valence-electron chi connectivity index (χ2n) is 6.47.